The normalized spacial score (nSPS) is 13.6. The van der Waals surface area contributed by atoms with E-state index in [0.717, 1.165) is 5.56 Å². The van der Waals surface area contributed by atoms with E-state index in [1.54, 1.807) is 48.5 Å². The number of urea groups is 1. The Labute approximate surface area is 204 Å². The fourth-order valence-electron chi connectivity index (χ4n) is 3.96. The lowest BCUT2D eigenvalue weighted by atomic mass is 10.1. The maximum Gasteiger partial charge on any atom is 0.326 e. The number of fused-ring (bicyclic) bond motifs is 1. The molecule has 180 valence electrons. The van der Waals surface area contributed by atoms with Gasteiger partial charge in [0.2, 0.25) is 11.8 Å². The number of carbonyl (C=O) groups is 3. The van der Waals surface area contributed by atoms with Gasteiger partial charge in [0.1, 0.15) is 18.8 Å². The van der Waals surface area contributed by atoms with Crippen molar-refractivity contribution in [1.29, 1.82) is 0 Å². The zero-order chi connectivity index (χ0) is 24.8. The summed E-state index contributed by atoms with van der Waals surface area (Å²) in [6.45, 7) is 4.03. The molecule has 0 bridgehead atoms. The number of para-hydroxylation sites is 2. The number of rotatable bonds is 7. The van der Waals surface area contributed by atoms with Crippen LogP contribution in [-0.4, -0.2) is 37.5 Å². The van der Waals surface area contributed by atoms with E-state index in [-0.39, 0.29) is 30.9 Å². The molecule has 4 rings (SSSR count). The van der Waals surface area contributed by atoms with Gasteiger partial charge in [-0.1, -0.05) is 42.5 Å². The molecule has 0 saturated carbocycles. The second-order valence-electron chi connectivity index (χ2n) is 8.14. The zero-order valence-corrected chi connectivity index (χ0v) is 19.7. The van der Waals surface area contributed by atoms with Crippen LogP contribution < -0.4 is 25.2 Å². The smallest absolute Gasteiger partial charge is 0.326 e. The number of hydrogen-bond acceptors (Lipinski definition) is 4. The fraction of sp³-hybridized carbons (Fsp3) is 0.222. The van der Waals surface area contributed by atoms with Gasteiger partial charge in [-0.2, -0.15) is 0 Å². The first kappa shape index (κ1) is 23.8. The topological polar surface area (TPSA) is 91.0 Å². The molecule has 2 N–H and O–H groups in total. The van der Waals surface area contributed by atoms with Crippen LogP contribution in [0.4, 0.5) is 21.9 Å². The predicted octanol–water partition coefficient (Wildman–Crippen LogP) is 4.35. The van der Waals surface area contributed by atoms with Crippen molar-refractivity contribution in [3.05, 3.63) is 84.4 Å². The highest BCUT2D eigenvalue weighted by Crippen LogP contribution is 2.33. The van der Waals surface area contributed by atoms with Crippen LogP contribution >= 0.6 is 0 Å². The molecule has 1 heterocycles. The van der Waals surface area contributed by atoms with E-state index < -0.39 is 6.03 Å². The van der Waals surface area contributed by atoms with Crippen molar-refractivity contribution in [3.8, 4) is 5.75 Å². The van der Waals surface area contributed by atoms with Crippen LogP contribution in [0, 0.1) is 0 Å². The van der Waals surface area contributed by atoms with Crippen LogP contribution in [0.25, 0.3) is 0 Å². The van der Waals surface area contributed by atoms with Gasteiger partial charge in [0.25, 0.3) is 0 Å². The summed E-state index contributed by atoms with van der Waals surface area (Å²) in [6.07, 6.45) is 0. The number of nitrogens with zero attached hydrogens (tertiary/aromatic N) is 2. The van der Waals surface area contributed by atoms with Crippen molar-refractivity contribution < 1.29 is 19.1 Å². The Kier molecular flexibility index (Phi) is 7.30. The Bertz CT molecular complexity index is 1200. The molecule has 0 fully saturated rings. The summed E-state index contributed by atoms with van der Waals surface area (Å²) in [7, 11) is 0. The van der Waals surface area contributed by atoms with Gasteiger partial charge in [-0.15, -0.1) is 0 Å². The number of carbonyl (C=O) groups excluding carboxylic acids is 3. The Morgan fingerprint density at radius 3 is 2.29 bits per heavy atom. The molecule has 35 heavy (non-hydrogen) atoms. The minimum absolute atomic E-state index is 0.138. The highest BCUT2D eigenvalue weighted by molar-refractivity contribution is 6.15. The number of ether oxygens (including phenoxy) is 1. The minimum Gasteiger partial charge on any atom is -0.494 e. The molecule has 1 atom stereocenters. The molecule has 3 aromatic carbocycles. The molecule has 1 aliphatic heterocycles. The first-order valence-electron chi connectivity index (χ1n) is 11.5. The highest BCUT2D eigenvalue weighted by Gasteiger charge is 2.33. The van der Waals surface area contributed by atoms with Crippen molar-refractivity contribution in [1.82, 2.24) is 5.32 Å². The lowest BCUT2D eigenvalue weighted by Gasteiger charge is -2.35. The maximum atomic E-state index is 13.1. The summed E-state index contributed by atoms with van der Waals surface area (Å²) < 4.78 is 5.43. The molecule has 0 saturated heterocycles. The molecule has 0 radical (unpaired) electrons. The maximum absolute atomic E-state index is 13.1. The Morgan fingerprint density at radius 2 is 1.60 bits per heavy atom. The molecular formula is C27H28N4O4. The van der Waals surface area contributed by atoms with Crippen LogP contribution in [0.5, 0.6) is 5.75 Å². The van der Waals surface area contributed by atoms with Gasteiger partial charge in [-0.25, -0.2) is 4.79 Å². The Hall–Kier alpha value is -4.33. The fourth-order valence-corrected chi connectivity index (χ4v) is 3.96. The molecule has 0 spiro atoms. The number of hydrogen-bond donors (Lipinski definition) is 2. The lowest BCUT2D eigenvalue weighted by Crippen LogP contribution is -2.52. The minimum atomic E-state index is -0.434. The summed E-state index contributed by atoms with van der Waals surface area (Å²) >= 11 is 0. The number of amides is 4. The van der Waals surface area contributed by atoms with Crippen LogP contribution in [0.1, 0.15) is 25.5 Å². The predicted molar refractivity (Wildman–Crippen MR) is 136 cm³/mol. The summed E-state index contributed by atoms with van der Waals surface area (Å²) in [4.78, 5) is 41.7. The highest BCUT2D eigenvalue weighted by atomic mass is 16.5. The molecule has 8 nitrogen and oxygen atoms in total. The molecule has 4 amide bonds. The SMILES string of the molecule is CCOc1ccc(NC(=O)N2CC(=O)N(CC(=O)N[C@H](C)c3ccccc3)c3ccccc32)cc1. The molecule has 8 heteroatoms. The summed E-state index contributed by atoms with van der Waals surface area (Å²) in [5, 5.41) is 5.76. The van der Waals surface area contributed by atoms with E-state index in [1.807, 2.05) is 44.2 Å². The second kappa shape index (κ2) is 10.7. The van der Waals surface area contributed by atoms with Crippen molar-refractivity contribution >= 4 is 34.9 Å². The first-order valence-corrected chi connectivity index (χ1v) is 11.5. The number of nitrogens with one attached hydrogen (secondary N) is 2. The van der Waals surface area contributed by atoms with Gasteiger partial charge in [0.15, 0.2) is 0 Å². The van der Waals surface area contributed by atoms with Gasteiger partial charge in [-0.3, -0.25) is 19.4 Å². The molecule has 1 aliphatic rings. The van der Waals surface area contributed by atoms with Crippen LogP contribution in [0.3, 0.4) is 0 Å². The van der Waals surface area contributed by atoms with E-state index in [2.05, 4.69) is 10.6 Å². The van der Waals surface area contributed by atoms with E-state index in [4.69, 9.17) is 4.74 Å². The summed E-state index contributed by atoms with van der Waals surface area (Å²) in [5.74, 6) is 0.0874. The third kappa shape index (κ3) is 5.60. The van der Waals surface area contributed by atoms with Crippen molar-refractivity contribution in [2.75, 3.05) is 34.8 Å². The second-order valence-corrected chi connectivity index (χ2v) is 8.14. The van der Waals surface area contributed by atoms with E-state index in [1.165, 1.54) is 9.80 Å². The van der Waals surface area contributed by atoms with Crippen LogP contribution in [0.2, 0.25) is 0 Å². The van der Waals surface area contributed by atoms with Crippen molar-refractivity contribution in [2.24, 2.45) is 0 Å². The largest absolute Gasteiger partial charge is 0.494 e. The standard InChI is InChI=1S/C27H28N4O4/c1-3-35-22-15-13-21(14-16-22)29-27(34)31-18-26(33)30(23-11-7-8-12-24(23)31)17-25(32)28-19(2)20-9-5-4-6-10-20/h4-16,19H,3,17-18H2,1-2H3,(H,28,32)(H,29,34)/t19-/m1/s1. The first-order chi connectivity index (χ1) is 17.0. The zero-order valence-electron chi connectivity index (χ0n) is 19.7. The molecule has 3 aromatic rings. The van der Waals surface area contributed by atoms with Gasteiger partial charge in [-0.05, 0) is 55.8 Å². The quantitative estimate of drug-likeness (QED) is 0.535. The van der Waals surface area contributed by atoms with E-state index >= 15 is 0 Å². The summed E-state index contributed by atoms with van der Waals surface area (Å²) in [5.41, 5.74) is 2.62. The average Bonchev–Trinajstić information content (AvgIpc) is 2.87. The van der Waals surface area contributed by atoms with Crippen LogP contribution in [0.15, 0.2) is 78.9 Å². The number of benzene rings is 3. The van der Waals surface area contributed by atoms with Crippen molar-refractivity contribution in [2.45, 2.75) is 19.9 Å². The lowest BCUT2D eigenvalue weighted by molar-refractivity contribution is -0.123. The van der Waals surface area contributed by atoms with Gasteiger partial charge in [0, 0.05) is 5.69 Å². The van der Waals surface area contributed by atoms with E-state index in [9.17, 15) is 14.4 Å². The van der Waals surface area contributed by atoms with Gasteiger partial charge < -0.3 is 15.4 Å². The molecular weight excluding hydrogens is 444 g/mol. The number of anilines is 3. The summed E-state index contributed by atoms with van der Waals surface area (Å²) in [6, 6.07) is 23.1. The Balaban J connectivity index is 1.47. The van der Waals surface area contributed by atoms with Gasteiger partial charge in [0.05, 0.1) is 24.0 Å². The Morgan fingerprint density at radius 1 is 0.943 bits per heavy atom. The molecule has 0 aromatic heterocycles. The van der Waals surface area contributed by atoms with Gasteiger partial charge >= 0.3 is 6.03 Å². The van der Waals surface area contributed by atoms with Crippen LogP contribution in [-0.2, 0) is 9.59 Å². The monoisotopic (exact) mass is 472 g/mol. The third-order valence-electron chi connectivity index (χ3n) is 5.70. The van der Waals surface area contributed by atoms with Crippen molar-refractivity contribution in [3.63, 3.8) is 0 Å². The molecule has 0 aliphatic carbocycles. The average molecular weight is 473 g/mol. The molecule has 0 unspecified atom stereocenters. The third-order valence-corrected chi connectivity index (χ3v) is 5.70. The van der Waals surface area contributed by atoms with E-state index in [0.29, 0.717) is 29.4 Å².